The topological polar surface area (TPSA) is 81.2 Å². The highest BCUT2D eigenvalue weighted by atomic mass is 35.5. The minimum atomic E-state index is -1.01. The Morgan fingerprint density at radius 1 is 1.19 bits per heavy atom. The second kappa shape index (κ2) is 8.07. The second-order valence-corrected chi connectivity index (χ2v) is 6.50. The molecule has 1 atom stereocenters. The van der Waals surface area contributed by atoms with Crippen molar-refractivity contribution in [1.29, 1.82) is 0 Å². The zero-order chi connectivity index (χ0) is 18.5. The highest BCUT2D eigenvalue weighted by Crippen LogP contribution is 2.24. The standard InChI is InChI=1S/C18H14ClN3O3S/c1-11(16(23)21-13-8-5-9-20-15(13)19)25-18(24)14-10-26-17(22-14)12-6-3-2-4-7-12/h2-11H,1H3,(H,21,23)/t11-/m1/s1. The number of thiazole rings is 1. The second-order valence-electron chi connectivity index (χ2n) is 5.28. The molecule has 1 amide bonds. The number of amides is 1. The largest absolute Gasteiger partial charge is 0.448 e. The molecular weight excluding hydrogens is 374 g/mol. The summed E-state index contributed by atoms with van der Waals surface area (Å²) in [5.41, 5.74) is 1.42. The lowest BCUT2D eigenvalue weighted by Gasteiger charge is -2.13. The third kappa shape index (κ3) is 4.25. The lowest BCUT2D eigenvalue weighted by molar-refractivity contribution is -0.123. The fraction of sp³-hybridized carbons (Fsp3) is 0.111. The smallest absolute Gasteiger partial charge is 0.358 e. The molecule has 0 radical (unpaired) electrons. The van der Waals surface area contributed by atoms with E-state index in [1.165, 1.54) is 24.5 Å². The number of hydrogen-bond acceptors (Lipinski definition) is 6. The summed E-state index contributed by atoms with van der Waals surface area (Å²) in [6.45, 7) is 1.47. The molecule has 6 nitrogen and oxygen atoms in total. The van der Waals surface area contributed by atoms with Crippen LogP contribution in [0.15, 0.2) is 54.0 Å². The quantitative estimate of drug-likeness (QED) is 0.527. The minimum Gasteiger partial charge on any atom is -0.448 e. The first kappa shape index (κ1) is 18.0. The summed E-state index contributed by atoms with van der Waals surface area (Å²) in [5, 5.41) is 5.04. The van der Waals surface area contributed by atoms with Crippen molar-refractivity contribution in [3.05, 3.63) is 64.9 Å². The number of aromatic nitrogens is 2. The molecule has 0 aliphatic rings. The van der Waals surface area contributed by atoms with Crippen molar-refractivity contribution in [2.24, 2.45) is 0 Å². The number of nitrogens with one attached hydrogen (secondary N) is 1. The molecule has 0 spiro atoms. The summed E-state index contributed by atoms with van der Waals surface area (Å²) >= 11 is 7.23. The van der Waals surface area contributed by atoms with Crippen LogP contribution in [0.25, 0.3) is 10.6 Å². The Morgan fingerprint density at radius 3 is 2.69 bits per heavy atom. The van der Waals surface area contributed by atoms with Gasteiger partial charge in [0.2, 0.25) is 0 Å². The summed E-state index contributed by atoms with van der Waals surface area (Å²) in [7, 11) is 0. The first-order chi connectivity index (χ1) is 12.5. The molecule has 132 valence electrons. The fourth-order valence-corrected chi connectivity index (χ4v) is 3.03. The van der Waals surface area contributed by atoms with Gasteiger partial charge in [-0.3, -0.25) is 4.79 Å². The van der Waals surface area contributed by atoms with Crippen LogP contribution in [-0.4, -0.2) is 27.9 Å². The number of carbonyl (C=O) groups is 2. The van der Waals surface area contributed by atoms with E-state index in [1.54, 1.807) is 17.5 Å². The van der Waals surface area contributed by atoms with Crippen molar-refractivity contribution in [3.63, 3.8) is 0 Å². The number of nitrogens with zero attached hydrogens (tertiary/aromatic N) is 2. The summed E-state index contributed by atoms with van der Waals surface area (Å²) < 4.78 is 5.19. The first-order valence-corrected chi connectivity index (χ1v) is 8.93. The molecule has 2 heterocycles. The average Bonchev–Trinajstić information content (AvgIpc) is 3.14. The zero-order valence-corrected chi connectivity index (χ0v) is 15.3. The number of esters is 1. The number of rotatable bonds is 5. The molecule has 26 heavy (non-hydrogen) atoms. The number of ether oxygens (including phenoxy) is 1. The summed E-state index contributed by atoms with van der Waals surface area (Å²) in [6, 6.07) is 12.7. The number of halogens is 1. The average molecular weight is 388 g/mol. The van der Waals surface area contributed by atoms with E-state index in [1.807, 2.05) is 30.3 Å². The molecule has 0 unspecified atom stereocenters. The Morgan fingerprint density at radius 2 is 1.96 bits per heavy atom. The number of carbonyl (C=O) groups excluding carboxylic acids is 2. The van der Waals surface area contributed by atoms with E-state index in [0.717, 1.165) is 5.56 Å². The van der Waals surface area contributed by atoms with Gasteiger partial charge in [0, 0.05) is 17.1 Å². The highest BCUT2D eigenvalue weighted by molar-refractivity contribution is 7.13. The molecule has 1 aromatic carbocycles. The van der Waals surface area contributed by atoms with Crippen LogP contribution >= 0.6 is 22.9 Å². The van der Waals surface area contributed by atoms with E-state index in [9.17, 15) is 9.59 Å². The molecule has 0 aliphatic heterocycles. The number of pyridine rings is 1. The van der Waals surface area contributed by atoms with Crippen LogP contribution in [-0.2, 0) is 9.53 Å². The van der Waals surface area contributed by atoms with E-state index in [4.69, 9.17) is 16.3 Å². The van der Waals surface area contributed by atoms with Crippen molar-refractivity contribution < 1.29 is 14.3 Å². The predicted octanol–water partition coefficient (Wildman–Crippen LogP) is 4.04. The monoisotopic (exact) mass is 387 g/mol. The SMILES string of the molecule is C[C@@H](OC(=O)c1csc(-c2ccccc2)n1)C(=O)Nc1cccnc1Cl. The third-order valence-corrected chi connectivity index (χ3v) is 4.60. The zero-order valence-electron chi connectivity index (χ0n) is 13.7. The first-order valence-electron chi connectivity index (χ1n) is 7.68. The summed E-state index contributed by atoms with van der Waals surface area (Å²) in [4.78, 5) is 32.5. The van der Waals surface area contributed by atoms with Gasteiger partial charge < -0.3 is 10.1 Å². The third-order valence-electron chi connectivity index (χ3n) is 3.40. The van der Waals surface area contributed by atoms with Crippen molar-refractivity contribution in [2.45, 2.75) is 13.0 Å². The Labute approximate surface area is 158 Å². The van der Waals surface area contributed by atoms with Crippen LogP contribution in [0.3, 0.4) is 0 Å². The van der Waals surface area contributed by atoms with Crippen molar-refractivity contribution in [2.75, 3.05) is 5.32 Å². The molecule has 0 saturated heterocycles. The molecule has 8 heteroatoms. The van der Waals surface area contributed by atoms with Crippen LogP contribution in [0.5, 0.6) is 0 Å². The molecule has 2 aromatic heterocycles. The lowest BCUT2D eigenvalue weighted by atomic mass is 10.2. The van der Waals surface area contributed by atoms with Gasteiger partial charge in [-0.2, -0.15) is 0 Å². The van der Waals surface area contributed by atoms with Crippen LogP contribution in [0.1, 0.15) is 17.4 Å². The van der Waals surface area contributed by atoms with Crippen molar-refractivity contribution in [1.82, 2.24) is 9.97 Å². The van der Waals surface area contributed by atoms with E-state index in [-0.39, 0.29) is 10.8 Å². The maximum Gasteiger partial charge on any atom is 0.358 e. The molecule has 3 rings (SSSR count). The van der Waals surface area contributed by atoms with Crippen molar-refractivity contribution in [3.8, 4) is 10.6 Å². The molecule has 1 N–H and O–H groups in total. The molecule has 0 aliphatic carbocycles. The maximum absolute atomic E-state index is 12.2. The van der Waals surface area contributed by atoms with Gasteiger partial charge in [-0.25, -0.2) is 14.8 Å². The van der Waals surface area contributed by atoms with Crippen molar-refractivity contribution >= 4 is 40.5 Å². The Kier molecular flexibility index (Phi) is 5.60. The van der Waals surface area contributed by atoms with E-state index in [0.29, 0.717) is 10.7 Å². The minimum absolute atomic E-state index is 0.159. The molecule has 0 saturated carbocycles. The van der Waals surface area contributed by atoms with Crippen LogP contribution < -0.4 is 5.32 Å². The number of anilines is 1. The van der Waals surface area contributed by atoms with E-state index >= 15 is 0 Å². The van der Waals surface area contributed by atoms with Gasteiger partial charge in [0.05, 0.1) is 5.69 Å². The van der Waals surface area contributed by atoms with E-state index in [2.05, 4.69) is 15.3 Å². The van der Waals surface area contributed by atoms with Gasteiger partial charge >= 0.3 is 5.97 Å². The van der Waals surface area contributed by atoms with Crippen LogP contribution in [0.2, 0.25) is 5.15 Å². The fourth-order valence-electron chi connectivity index (χ4n) is 2.07. The number of benzene rings is 1. The summed E-state index contributed by atoms with van der Waals surface area (Å²) in [5.74, 6) is -1.17. The highest BCUT2D eigenvalue weighted by Gasteiger charge is 2.21. The molecule has 3 aromatic rings. The van der Waals surface area contributed by atoms with Gasteiger partial charge in [-0.15, -0.1) is 11.3 Å². The van der Waals surface area contributed by atoms with Gasteiger partial charge in [0.1, 0.15) is 5.01 Å². The van der Waals surface area contributed by atoms with E-state index < -0.39 is 18.0 Å². The van der Waals surface area contributed by atoms with Gasteiger partial charge in [-0.05, 0) is 19.1 Å². The predicted molar refractivity (Wildman–Crippen MR) is 100 cm³/mol. The van der Waals surface area contributed by atoms with Crippen LogP contribution in [0, 0.1) is 0 Å². The Balaban J connectivity index is 1.63. The lowest BCUT2D eigenvalue weighted by Crippen LogP contribution is -2.30. The Bertz CT molecular complexity index is 930. The van der Waals surface area contributed by atoms with Crippen LogP contribution in [0.4, 0.5) is 5.69 Å². The van der Waals surface area contributed by atoms with Gasteiger partial charge in [-0.1, -0.05) is 41.9 Å². The summed E-state index contributed by atoms with van der Waals surface area (Å²) in [6.07, 6.45) is 0.495. The normalized spacial score (nSPS) is 11.6. The molecule has 0 bridgehead atoms. The van der Waals surface area contributed by atoms with Gasteiger partial charge in [0.15, 0.2) is 17.0 Å². The van der Waals surface area contributed by atoms with Gasteiger partial charge in [0.25, 0.3) is 5.91 Å². The molecule has 0 fully saturated rings. The number of hydrogen-bond donors (Lipinski definition) is 1. The maximum atomic E-state index is 12.2. The molecular formula is C18H14ClN3O3S. The Hall–Kier alpha value is -2.77.